The van der Waals surface area contributed by atoms with Gasteiger partial charge < -0.3 is 20.6 Å². The number of nitrogens with one attached hydrogen (secondary N) is 2. The third kappa shape index (κ3) is 4.11. The Morgan fingerprint density at radius 1 is 1.42 bits per heavy atom. The molecule has 1 aliphatic heterocycles. The van der Waals surface area contributed by atoms with Gasteiger partial charge in [-0.1, -0.05) is 6.92 Å². The molecule has 0 aromatic heterocycles. The lowest BCUT2D eigenvalue weighted by Crippen LogP contribution is -2.52. The number of rotatable bonds is 4. The molecule has 19 heavy (non-hydrogen) atoms. The van der Waals surface area contributed by atoms with Crippen LogP contribution in [0.25, 0.3) is 0 Å². The van der Waals surface area contributed by atoms with E-state index in [0.717, 1.165) is 12.8 Å². The maximum absolute atomic E-state index is 11.9. The van der Waals surface area contributed by atoms with E-state index in [4.69, 9.17) is 5.11 Å². The van der Waals surface area contributed by atoms with Gasteiger partial charge in [0.05, 0.1) is 5.92 Å². The topological polar surface area (TPSA) is 98.7 Å². The Balaban J connectivity index is 2.57. The van der Waals surface area contributed by atoms with Crippen LogP contribution in [-0.2, 0) is 9.59 Å². The number of piperidine rings is 1. The average molecular weight is 271 g/mol. The second kappa shape index (κ2) is 6.96. The highest BCUT2D eigenvalue weighted by Gasteiger charge is 2.29. The van der Waals surface area contributed by atoms with E-state index in [2.05, 4.69) is 10.6 Å². The van der Waals surface area contributed by atoms with Gasteiger partial charge in [0.1, 0.15) is 6.04 Å². The number of amides is 3. The van der Waals surface area contributed by atoms with E-state index < -0.39 is 18.0 Å². The Morgan fingerprint density at radius 2 is 2.11 bits per heavy atom. The first-order chi connectivity index (χ1) is 8.99. The van der Waals surface area contributed by atoms with Crippen molar-refractivity contribution in [1.29, 1.82) is 0 Å². The Hall–Kier alpha value is -1.79. The first-order valence-corrected chi connectivity index (χ1v) is 6.49. The molecule has 1 aliphatic rings. The van der Waals surface area contributed by atoms with Crippen molar-refractivity contribution in [3.8, 4) is 0 Å². The summed E-state index contributed by atoms with van der Waals surface area (Å²) in [5.41, 5.74) is 0. The van der Waals surface area contributed by atoms with Crippen LogP contribution < -0.4 is 10.6 Å². The van der Waals surface area contributed by atoms with Gasteiger partial charge in [-0.2, -0.15) is 0 Å². The number of carboxylic acids is 1. The minimum absolute atomic E-state index is 0.0808. The first-order valence-electron chi connectivity index (χ1n) is 6.49. The monoisotopic (exact) mass is 271 g/mol. The molecule has 3 amide bonds. The molecule has 7 heteroatoms. The van der Waals surface area contributed by atoms with Gasteiger partial charge in [0.2, 0.25) is 5.91 Å². The van der Waals surface area contributed by atoms with Crippen molar-refractivity contribution in [2.75, 3.05) is 20.1 Å². The molecule has 1 saturated heterocycles. The third-order valence-corrected chi connectivity index (χ3v) is 3.33. The molecule has 1 rings (SSSR count). The minimum Gasteiger partial charge on any atom is -0.480 e. The highest BCUT2D eigenvalue weighted by Crippen LogP contribution is 2.16. The van der Waals surface area contributed by atoms with Crippen molar-refractivity contribution in [2.24, 2.45) is 5.92 Å². The molecule has 0 aromatic rings. The van der Waals surface area contributed by atoms with Crippen LogP contribution in [-0.4, -0.2) is 54.1 Å². The van der Waals surface area contributed by atoms with Crippen LogP contribution in [0, 0.1) is 5.92 Å². The molecule has 108 valence electrons. The lowest BCUT2D eigenvalue weighted by molar-refractivity contribution is -0.139. The predicted octanol–water partition coefficient (Wildman–Crippen LogP) is 0.0172. The highest BCUT2D eigenvalue weighted by molar-refractivity contribution is 5.83. The summed E-state index contributed by atoms with van der Waals surface area (Å²) in [4.78, 5) is 35.9. The molecule has 0 saturated carbocycles. The van der Waals surface area contributed by atoms with Gasteiger partial charge in [-0.05, 0) is 19.3 Å². The van der Waals surface area contributed by atoms with Crippen molar-refractivity contribution < 1.29 is 19.5 Å². The number of carboxylic acid groups (broad SMARTS) is 1. The summed E-state index contributed by atoms with van der Waals surface area (Å²) in [6.07, 6.45) is 1.82. The molecule has 7 nitrogen and oxygen atoms in total. The standard InChI is InChI=1S/C12H21N3O4/c1-3-9(11(17)18)14-12(19)15-6-4-5-8(7-15)10(16)13-2/h8-9H,3-7H2,1-2H3,(H,13,16)(H,14,19)(H,17,18). The number of urea groups is 1. The summed E-state index contributed by atoms with van der Waals surface area (Å²) in [6.45, 7) is 2.58. The largest absolute Gasteiger partial charge is 0.480 e. The fourth-order valence-electron chi connectivity index (χ4n) is 2.16. The van der Waals surface area contributed by atoms with Crippen LogP contribution >= 0.6 is 0 Å². The van der Waals surface area contributed by atoms with E-state index in [-0.39, 0.29) is 11.8 Å². The van der Waals surface area contributed by atoms with E-state index in [1.165, 1.54) is 4.90 Å². The summed E-state index contributed by atoms with van der Waals surface area (Å²) in [5, 5.41) is 13.9. The van der Waals surface area contributed by atoms with Gasteiger partial charge in [-0.25, -0.2) is 9.59 Å². The number of carbonyl (C=O) groups excluding carboxylic acids is 2. The van der Waals surface area contributed by atoms with E-state index >= 15 is 0 Å². The molecular formula is C12H21N3O4. The zero-order valence-electron chi connectivity index (χ0n) is 11.3. The van der Waals surface area contributed by atoms with Crippen LogP contribution in [0.1, 0.15) is 26.2 Å². The van der Waals surface area contributed by atoms with Crippen molar-refractivity contribution in [1.82, 2.24) is 15.5 Å². The van der Waals surface area contributed by atoms with E-state index in [1.807, 2.05) is 0 Å². The second-order valence-electron chi connectivity index (χ2n) is 4.65. The van der Waals surface area contributed by atoms with Crippen LogP contribution in [0.2, 0.25) is 0 Å². The highest BCUT2D eigenvalue weighted by atomic mass is 16.4. The number of aliphatic carboxylic acids is 1. The van der Waals surface area contributed by atoms with Gasteiger partial charge in [0, 0.05) is 20.1 Å². The summed E-state index contributed by atoms with van der Waals surface area (Å²) in [6, 6.07) is -1.30. The van der Waals surface area contributed by atoms with E-state index in [0.29, 0.717) is 19.5 Å². The fourth-order valence-corrected chi connectivity index (χ4v) is 2.16. The number of hydrogen-bond acceptors (Lipinski definition) is 3. The predicted molar refractivity (Wildman–Crippen MR) is 68.6 cm³/mol. The molecule has 0 aliphatic carbocycles. The zero-order valence-corrected chi connectivity index (χ0v) is 11.3. The number of nitrogens with zero attached hydrogens (tertiary/aromatic N) is 1. The Bertz CT molecular complexity index is 359. The van der Waals surface area contributed by atoms with Crippen LogP contribution in [0.15, 0.2) is 0 Å². The molecule has 0 aromatic carbocycles. The molecule has 2 atom stereocenters. The average Bonchev–Trinajstić information content (AvgIpc) is 2.43. The maximum atomic E-state index is 11.9. The van der Waals surface area contributed by atoms with Crippen molar-refractivity contribution >= 4 is 17.9 Å². The molecule has 1 heterocycles. The first kappa shape index (κ1) is 15.3. The third-order valence-electron chi connectivity index (χ3n) is 3.33. The Morgan fingerprint density at radius 3 is 2.63 bits per heavy atom. The van der Waals surface area contributed by atoms with E-state index in [9.17, 15) is 14.4 Å². The molecule has 2 unspecified atom stereocenters. The summed E-state index contributed by atoms with van der Waals surface area (Å²) >= 11 is 0. The number of likely N-dealkylation sites (tertiary alicyclic amines) is 1. The summed E-state index contributed by atoms with van der Waals surface area (Å²) in [5.74, 6) is -1.34. The minimum atomic E-state index is -1.05. The lowest BCUT2D eigenvalue weighted by Gasteiger charge is -2.32. The SMILES string of the molecule is CCC(NC(=O)N1CCCC(C(=O)NC)C1)C(=O)O. The fraction of sp³-hybridized carbons (Fsp3) is 0.750. The van der Waals surface area contributed by atoms with Gasteiger partial charge in [0.15, 0.2) is 0 Å². The molecule has 0 bridgehead atoms. The molecule has 3 N–H and O–H groups in total. The van der Waals surface area contributed by atoms with E-state index in [1.54, 1.807) is 14.0 Å². The van der Waals surface area contributed by atoms with Gasteiger partial charge in [0.25, 0.3) is 0 Å². The summed E-state index contributed by atoms with van der Waals surface area (Å²) < 4.78 is 0. The molecule has 0 radical (unpaired) electrons. The van der Waals surface area contributed by atoms with Crippen LogP contribution in [0.5, 0.6) is 0 Å². The van der Waals surface area contributed by atoms with Gasteiger partial charge in [-0.15, -0.1) is 0 Å². The molecular weight excluding hydrogens is 250 g/mol. The maximum Gasteiger partial charge on any atom is 0.326 e. The summed E-state index contributed by atoms with van der Waals surface area (Å²) in [7, 11) is 1.57. The van der Waals surface area contributed by atoms with Crippen LogP contribution in [0.3, 0.4) is 0 Å². The normalized spacial score (nSPS) is 20.5. The molecule has 1 fully saturated rings. The molecule has 0 spiro atoms. The quantitative estimate of drug-likeness (QED) is 0.671. The lowest BCUT2D eigenvalue weighted by atomic mass is 9.97. The van der Waals surface area contributed by atoms with Crippen molar-refractivity contribution in [3.05, 3.63) is 0 Å². The second-order valence-corrected chi connectivity index (χ2v) is 4.65. The smallest absolute Gasteiger partial charge is 0.326 e. The zero-order chi connectivity index (χ0) is 14.4. The van der Waals surface area contributed by atoms with Gasteiger partial charge in [-0.3, -0.25) is 4.79 Å². The van der Waals surface area contributed by atoms with Crippen LogP contribution in [0.4, 0.5) is 4.79 Å². The van der Waals surface area contributed by atoms with Crippen molar-refractivity contribution in [2.45, 2.75) is 32.2 Å². The van der Waals surface area contributed by atoms with Crippen molar-refractivity contribution in [3.63, 3.8) is 0 Å². The number of carbonyl (C=O) groups is 3. The van der Waals surface area contributed by atoms with Gasteiger partial charge >= 0.3 is 12.0 Å². The Kier molecular flexibility index (Phi) is 5.59. The Labute approximate surface area is 112 Å². The number of hydrogen-bond donors (Lipinski definition) is 3.